The normalized spacial score (nSPS) is 14.9. The first kappa shape index (κ1) is 11.4. The lowest BCUT2D eigenvalue weighted by atomic mass is 9.95. The molecule has 0 atom stereocenters. The Kier molecular flexibility index (Phi) is 3.15. The molecule has 0 aliphatic heterocycles. The van der Waals surface area contributed by atoms with Crippen molar-refractivity contribution in [1.82, 2.24) is 4.98 Å². The summed E-state index contributed by atoms with van der Waals surface area (Å²) in [5.41, 5.74) is 2.54. The van der Waals surface area contributed by atoms with E-state index in [-0.39, 0.29) is 12.0 Å². The first-order valence-electron chi connectivity index (χ1n) is 5.94. The van der Waals surface area contributed by atoms with Crippen molar-refractivity contribution in [3.05, 3.63) is 23.4 Å². The van der Waals surface area contributed by atoms with Gasteiger partial charge in [0, 0.05) is 24.3 Å². The van der Waals surface area contributed by atoms with Crippen LogP contribution >= 0.6 is 0 Å². The molecule has 0 saturated carbocycles. The van der Waals surface area contributed by atoms with Crippen LogP contribution in [0.2, 0.25) is 0 Å². The van der Waals surface area contributed by atoms with Crippen molar-refractivity contribution in [1.29, 1.82) is 0 Å². The molecule has 0 saturated heterocycles. The fourth-order valence-corrected chi connectivity index (χ4v) is 1.90. The Bertz CT molecular complexity index is 374. The van der Waals surface area contributed by atoms with Crippen molar-refractivity contribution in [2.45, 2.75) is 33.1 Å². The summed E-state index contributed by atoms with van der Waals surface area (Å²) in [6.07, 6.45) is 3.51. The van der Waals surface area contributed by atoms with Crippen molar-refractivity contribution < 1.29 is 5.11 Å². The number of nitrogens with one attached hydrogen (secondary N) is 1. The van der Waals surface area contributed by atoms with Crippen molar-refractivity contribution >= 4 is 5.82 Å². The first-order valence-corrected chi connectivity index (χ1v) is 5.94. The van der Waals surface area contributed by atoms with Crippen molar-refractivity contribution in [2.75, 3.05) is 18.5 Å². The van der Waals surface area contributed by atoms with Crippen LogP contribution in [0.1, 0.15) is 31.5 Å². The zero-order chi connectivity index (χ0) is 11.6. The van der Waals surface area contributed by atoms with Crippen molar-refractivity contribution in [3.8, 4) is 0 Å². The summed E-state index contributed by atoms with van der Waals surface area (Å²) in [6.45, 7) is 5.00. The molecule has 0 bridgehead atoms. The minimum atomic E-state index is -0.0965. The molecule has 16 heavy (non-hydrogen) atoms. The fourth-order valence-electron chi connectivity index (χ4n) is 1.90. The Labute approximate surface area is 96.9 Å². The van der Waals surface area contributed by atoms with Crippen LogP contribution in [0.3, 0.4) is 0 Å². The smallest absolute Gasteiger partial charge is 0.126 e. The van der Waals surface area contributed by atoms with E-state index in [9.17, 15) is 0 Å². The van der Waals surface area contributed by atoms with Gasteiger partial charge in [0.05, 0.1) is 0 Å². The highest BCUT2D eigenvalue weighted by Gasteiger charge is 2.17. The summed E-state index contributed by atoms with van der Waals surface area (Å²) < 4.78 is 0. The monoisotopic (exact) mass is 220 g/mol. The highest BCUT2D eigenvalue weighted by Crippen LogP contribution is 2.22. The van der Waals surface area contributed by atoms with E-state index in [1.54, 1.807) is 0 Å². The average Bonchev–Trinajstić information content (AvgIpc) is 2.73. The molecule has 0 fully saturated rings. The molecule has 0 aromatic carbocycles. The number of aryl methyl sites for hydroxylation is 2. The molecule has 0 spiro atoms. The number of fused-ring (bicyclic) bond motifs is 1. The Balaban J connectivity index is 2.00. The minimum Gasteiger partial charge on any atom is -0.396 e. The number of nitrogens with zero attached hydrogens (tertiary/aromatic N) is 1. The summed E-state index contributed by atoms with van der Waals surface area (Å²) in [5.74, 6) is 0.933. The lowest BCUT2D eigenvalue weighted by molar-refractivity contribution is 0.170. The predicted octanol–water partition coefficient (Wildman–Crippen LogP) is 2.00. The van der Waals surface area contributed by atoms with E-state index in [2.05, 4.69) is 16.4 Å². The molecule has 0 amide bonds. The Hall–Kier alpha value is -1.09. The van der Waals surface area contributed by atoms with E-state index < -0.39 is 0 Å². The maximum Gasteiger partial charge on any atom is 0.126 e. The molecule has 1 aromatic rings. The quantitative estimate of drug-likeness (QED) is 0.815. The number of rotatable bonds is 4. The molecule has 1 heterocycles. The van der Waals surface area contributed by atoms with Gasteiger partial charge in [-0.3, -0.25) is 0 Å². The van der Waals surface area contributed by atoms with E-state index in [1.165, 1.54) is 24.1 Å². The SMILES string of the molecule is CC(C)(CO)CNc1ccc2c(n1)CCC2. The molecular formula is C13H20N2O. The van der Waals surface area contributed by atoms with E-state index in [0.29, 0.717) is 0 Å². The Morgan fingerprint density at radius 2 is 2.19 bits per heavy atom. The number of aliphatic hydroxyl groups is 1. The summed E-state index contributed by atoms with van der Waals surface area (Å²) in [7, 11) is 0. The molecule has 0 radical (unpaired) electrons. The van der Waals surface area contributed by atoms with Crippen LogP contribution in [0.5, 0.6) is 0 Å². The van der Waals surface area contributed by atoms with Crippen molar-refractivity contribution in [2.24, 2.45) is 5.41 Å². The fraction of sp³-hybridized carbons (Fsp3) is 0.615. The molecule has 1 aliphatic rings. The zero-order valence-electron chi connectivity index (χ0n) is 10.1. The van der Waals surface area contributed by atoms with Crippen LogP contribution in [0, 0.1) is 5.41 Å². The topological polar surface area (TPSA) is 45.1 Å². The number of aliphatic hydroxyl groups excluding tert-OH is 1. The van der Waals surface area contributed by atoms with Gasteiger partial charge in [-0.1, -0.05) is 19.9 Å². The van der Waals surface area contributed by atoms with Crippen LogP contribution in [0.15, 0.2) is 12.1 Å². The van der Waals surface area contributed by atoms with Gasteiger partial charge in [0.15, 0.2) is 0 Å². The Morgan fingerprint density at radius 1 is 1.38 bits per heavy atom. The van der Waals surface area contributed by atoms with Crippen LogP contribution in [-0.2, 0) is 12.8 Å². The summed E-state index contributed by atoms with van der Waals surface area (Å²) >= 11 is 0. The van der Waals surface area contributed by atoms with Crippen LogP contribution < -0.4 is 5.32 Å². The molecule has 2 rings (SSSR count). The Morgan fingerprint density at radius 3 is 2.94 bits per heavy atom. The van der Waals surface area contributed by atoms with Gasteiger partial charge in [-0.2, -0.15) is 0 Å². The summed E-state index contributed by atoms with van der Waals surface area (Å²) in [6, 6.07) is 4.21. The number of anilines is 1. The first-order chi connectivity index (χ1) is 7.61. The second-order valence-corrected chi connectivity index (χ2v) is 5.33. The second kappa shape index (κ2) is 4.42. The molecule has 2 N–H and O–H groups in total. The van der Waals surface area contributed by atoms with Gasteiger partial charge in [-0.15, -0.1) is 0 Å². The summed E-state index contributed by atoms with van der Waals surface area (Å²) in [5, 5.41) is 12.5. The number of hydrogen-bond donors (Lipinski definition) is 2. The average molecular weight is 220 g/mol. The van der Waals surface area contributed by atoms with Crippen LogP contribution in [0.25, 0.3) is 0 Å². The molecule has 1 aliphatic carbocycles. The maximum absolute atomic E-state index is 9.17. The van der Waals surface area contributed by atoms with Gasteiger partial charge >= 0.3 is 0 Å². The van der Waals surface area contributed by atoms with E-state index in [4.69, 9.17) is 5.11 Å². The van der Waals surface area contributed by atoms with Gasteiger partial charge in [-0.05, 0) is 30.9 Å². The third-order valence-corrected chi connectivity index (χ3v) is 3.10. The molecule has 3 nitrogen and oxygen atoms in total. The molecule has 88 valence electrons. The van der Waals surface area contributed by atoms with Crippen LogP contribution in [-0.4, -0.2) is 23.2 Å². The van der Waals surface area contributed by atoms with Crippen molar-refractivity contribution in [3.63, 3.8) is 0 Å². The van der Waals surface area contributed by atoms with E-state index in [1.807, 2.05) is 19.9 Å². The highest BCUT2D eigenvalue weighted by molar-refractivity contribution is 5.40. The van der Waals surface area contributed by atoms with Gasteiger partial charge in [0.1, 0.15) is 5.82 Å². The van der Waals surface area contributed by atoms with Gasteiger partial charge in [-0.25, -0.2) is 4.98 Å². The second-order valence-electron chi connectivity index (χ2n) is 5.33. The molecular weight excluding hydrogens is 200 g/mol. The highest BCUT2D eigenvalue weighted by atomic mass is 16.3. The third-order valence-electron chi connectivity index (χ3n) is 3.10. The van der Waals surface area contributed by atoms with Crippen LogP contribution in [0.4, 0.5) is 5.82 Å². The molecule has 1 aromatic heterocycles. The van der Waals surface area contributed by atoms with Gasteiger partial charge in [0.2, 0.25) is 0 Å². The zero-order valence-corrected chi connectivity index (χ0v) is 10.1. The maximum atomic E-state index is 9.17. The number of pyridine rings is 1. The lowest BCUT2D eigenvalue weighted by Crippen LogP contribution is -2.27. The number of aromatic nitrogens is 1. The molecule has 3 heteroatoms. The van der Waals surface area contributed by atoms with E-state index in [0.717, 1.165) is 18.8 Å². The largest absolute Gasteiger partial charge is 0.396 e. The van der Waals surface area contributed by atoms with Gasteiger partial charge < -0.3 is 10.4 Å². The third kappa shape index (κ3) is 2.53. The van der Waals surface area contributed by atoms with E-state index >= 15 is 0 Å². The molecule has 0 unspecified atom stereocenters. The minimum absolute atomic E-state index is 0.0965. The predicted molar refractivity (Wildman–Crippen MR) is 65.6 cm³/mol. The summed E-state index contributed by atoms with van der Waals surface area (Å²) in [4.78, 5) is 4.60. The lowest BCUT2D eigenvalue weighted by Gasteiger charge is -2.22. The number of hydrogen-bond acceptors (Lipinski definition) is 3. The standard InChI is InChI=1S/C13H20N2O/c1-13(2,9-16)8-14-12-7-6-10-4-3-5-11(10)15-12/h6-7,16H,3-5,8-9H2,1-2H3,(H,14,15). The van der Waals surface area contributed by atoms with Gasteiger partial charge in [0.25, 0.3) is 0 Å².